The van der Waals surface area contributed by atoms with Gasteiger partial charge in [0.1, 0.15) is 17.7 Å². The van der Waals surface area contributed by atoms with Gasteiger partial charge in [0.2, 0.25) is 0 Å². The first kappa shape index (κ1) is 16.0. The van der Waals surface area contributed by atoms with E-state index in [-0.39, 0.29) is 12.1 Å². The van der Waals surface area contributed by atoms with Crippen molar-refractivity contribution in [3.8, 4) is 0 Å². The molecule has 6 nitrogen and oxygen atoms in total. The van der Waals surface area contributed by atoms with Crippen molar-refractivity contribution in [1.29, 1.82) is 0 Å². The van der Waals surface area contributed by atoms with Crippen LogP contribution in [0.5, 0.6) is 0 Å². The zero-order chi connectivity index (χ0) is 16.6. The topological polar surface area (TPSA) is 58.6 Å². The molecule has 23 heavy (non-hydrogen) atoms. The fourth-order valence-corrected chi connectivity index (χ4v) is 2.91. The summed E-state index contributed by atoms with van der Waals surface area (Å²) in [6.07, 6.45) is 3.90. The van der Waals surface area contributed by atoms with Crippen LogP contribution in [0.3, 0.4) is 0 Å². The standard InChI is InChI=1S/C17H26N4O2/c1-12-10-20(16(22)23-17(2,3)4)7-8-21(12)15-9-14(13-5-6-13)18-11-19-15/h9,11-13H,5-8,10H2,1-4H3/t12-/m1/s1. The Hall–Kier alpha value is -1.85. The predicted octanol–water partition coefficient (Wildman–Crippen LogP) is 2.80. The smallest absolute Gasteiger partial charge is 0.410 e. The summed E-state index contributed by atoms with van der Waals surface area (Å²) >= 11 is 0. The van der Waals surface area contributed by atoms with Gasteiger partial charge >= 0.3 is 6.09 Å². The summed E-state index contributed by atoms with van der Waals surface area (Å²) in [6.45, 7) is 9.87. The summed E-state index contributed by atoms with van der Waals surface area (Å²) in [5, 5.41) is 0. The summed E-state index contributed by atoms with van der Waals surface area (Å²) in [5.41, 5.74) is 0.695. The van der Waals surface area contributed by atoms with E-state index >= 15 is 0 Å². The molecule has 1 atom stereocenters. The molecule has 0 bridgehead atoms. The third-order valence-electron chi connectivity index (χ3n) is 4.24. The summed E-state index contributed by atoms with van der Waals surface area (Å²) in [7, 11) is 0. The molecule has 1 saturated heterocycles. The summed E-state index contributed by atoms with van der Waals surface area (Å²) in [5.74, 6) is 1.59. The molecule has 0 spiro atoms. The first-order valence-corrected chi connectivity index (χ1v) is 8.40. The maximum atomic E-state index is 12.2. The van der Waals surface area contributed by atoms with Gasteiger partial charge in [0, 0.05) is 43.4 Å². The lowest BCUT2D eigenvalue weighted by Gasteiger charge is -2.40. The van der Waals surface area contributed by atoms with Gasteiger partial charge in [0.05, 0.1) is 0 Å². The average Bonchev–Trinajstić information content (AvgIpc) is 3.30. The zero-order valence-electron chi connectivity index (χ0n) is 14.5. The highest BCUT2D eigenvalue weighted by Gasteiger charge is 2.31. The van der Waals surface area contributed by atoms with E-state index in [0.29, 0.717) is 19.0 Å². The predicted molar refractivity (Wildman–Crippen MR) is 88.6 cm³/mol. The molecular formula is C17H26N4O2. The number of nitrogens with zero attached hydrogens (tertiary/aromatic N) is 4. The fraction of sp³-hybridized carbons (Fsp3) is 0.706. The van der Waals surface area contributed by atoms with Crippen LogP contribution in [0.25, 0.3) is 0 Å². The Bertz CT molecular complexity index is 580. The number of aromatic nitrogens is 2. The van der Waals surface area contributed by atoms with Crippen LogP contribution in [-0.2, 0) is 4.74 Å². The second kappa shape index (κ2) is 5.98. The molecule has 3 rings (SSSR count). The summed E-state index contributed by atoms with van der Waals surface area (Å²) < 4.78 is 5.47. The lowest BCUT2D eigenvalue weighted by atomic mass is 10.1. The highest BCUT2D eigenvalue weighted by molar-refractivity contribution is 5.68. The van der Waals surface area contributed by atoms with E-state index in [1.165, 1.54) is 12.8 Å². The van der Waals surface area contributed by atoms with Crippen LogP contribution in [0.4, 0.5) is 10.6 Å². The summed E-state index contributed by atoms with van der Waals surface area (Å²) in [6, 6.07) is 2.32. The largest absolute Gasteiger partial charge is 0.444 e. The third-order valence-corrected chi connectivity index (χ3v) is 4.24. The maximum Gasteiger partial charge on any atom is 0.410 e. The number of rotatable bonds is 2. The third kappa shape index (κ3) is 3.92. The molecule has 0 unspecified atom stereocenters. The lowest BCUT2D eigenvalue weighted by molar-refractivity contribution is 0.0218. The van der Waals surface area contributed by atoms with Gasteiger partial charge in [-0.15, -0.1) is 0 Å². The molecule has 1 aliphatic heterocycles. The van der Waals surface area contributed by atoms with E-state index in [0.717, 1.165) is 18.1 Å². The van der Waals surface area contributed by atoms with Gasteiger partial charge < -0.3 is 14.5 Å². The second-order valence-corrected chi connectivity index (χ2v) is 7.54. The molecule has 6 heteroatoms. The molecular weight excluding hydrogens is 292 g/mol. The molecule has 0 N–H and O–H groups in total. The quantitative estimate of drug-likeness (QED) is 0.839. The minimum absolute atomic E-state index is 0.207. The van der Waals surface area contributed by atoms with E-state index < -0.39 is 5.60 Å². The number of anilines is 1. The first-order valence-electron chi connectivity index (χ1n) is 8.40. The number of hydrogen-bond acceptors (Lipinski definition) is 5. The summed E-state index contributed by atoms with van der Waals surface area (Å²) in [4.78, 5) is 25.1. The van der Waals surface area contributed by atoms with Crippen LogP contribution >= 0.6 is 0 Å². The normalized spacial score (nSPS) is 22.2. The van der Waals surface area contributed by atoms with Crippen molar-refractivity contribution in [2.75, 3.05) is 24.5 Å². The van der Waals surface area contributed by atoms with Gasteiger partial charge in [-0.25, -0.2) is 14.8 Å². The molecule has 0 radical (unpaired) electrons. The van der Waals surface area contributed by atoms with Gasteiger partial charge in [0.15, 0.2) is 0 Å². The molecule has 1 aliphatic carbocycles. The van der Waals surface area contributed by atoms with E-state index in [2.05, 4.69) is 27.9 Å². The number of carbonyl (C=O) groups excluding carboxylic acids is 1. The van der Waals surface area contributed by atoms with Crippen molar-refractivity contribution in [2.45, 2.75) is 58.1 Å². The monoisotopic (exact) mass is 318 g/mol. The van der Waals surface area contributed by atoms with Crippen LogP contribution < -0.4 is 4.90 Å². The zero-order valence-corrected chi connectivity index (χ0v) is 14.5. The number of amides is 1. The van der Waals surface area contributed by atoms with Crippen molar-refractivity contribution < 1.29 is 9.53 Å². The Morgan fingerprint density at radius 1 is 1.26 bits per heavy atom. The van der Waals surface area contributed by atoms with Crippen molar-refractivity contribution in [3.05, 3.63) is 18.1 Å². The van der Waals surface area contributed by atoms with Crippen molar-refractivity contribution in [3.63, 3.8) is 0 Å². The van der Waals surface area contributed by atoms with Crippen molar-refractivity contribution >= 4 is 11.9 Å². The molecule has 1 amide bonds. The van der Waals surface area contributed by atoms with Gasteiger partial charge in [-0.1, -0.05) is 0 Å². The number of carbonyl (C=O) groups is 1. The molecule has 2 fully saturated rings. The van der Waals surface area contributed by atoms with Crippen molar-refractivity contribution in [2.24, 2.45) is 0 Å². The van der Waals surface area contributed by atoms with Gasteiger partial charge in [-0.2, -0.15) is 0 Å². The van der Waals surface area contributed by atoms with Crippen LogP contribution in [0.15, 0.2) is 12.4 Å². The van der Waals surface area contributed by atoms with E-state index in [9.17, 15) is 4.79 Å². The number of ether oxygens (including phenoxy) is 1. The fourth-order valence-electron chi connectivity index (χ4n) is 2.91. The van der Waals surface area contributed by atoms with Crippen LogP contribution in [-0.4, -0.2) is 52.2 Å². The minimum Gasteiger partial charge on any atom is -0.444 e. The molecule has 1 aromatic rings. The van der Waals surface area contributed by atoms with Gasteiger partial charge in [0.25, 0.3) is 0 Å². The second-order valence-electron chi connectivity index (χ2n) is 7.54. The molecule has 1 saturated carbocycles. The highest BCUT2D eigenvalue weighted by atomic mass is 16.6. The Kier molecular flexibility index (Phi) is 4.17. The maximum absolute atomic E-state index is 12.2. The Morgan fingerprint density at radius 2 is 2.00 bits per heavy atom. The van der Waals surface area contributed by atoms with Crippen LogP contribution in [0, 0.1) is 0 Å². The highest BCUT2D eigenvalue weighted by Crippen LogP contribution is 2.39. The van der Waals surface area contributed by atoms with E-state index in [1.54, 1.807) is 11.2 Å². The molecule has 2 aliphatic rings. The van der Waals surface area contributed by atoms with E-state index in [4.69, 9.17) is 4.74 Å². The Morgan fingerprint density at radius 3 is 2.61 bits per heavy atom. The number of hydrogen-bond donors (Lipinski definition) is 0. The molecule has 0 aromatic carbocycles. The van der Waals surface area contributed by atoms with Crippen molar-refractivity contribution in [1.82, 2.24) is 14.9 Å². The molecule has 2 heterocycles. The number of piperazine rings is 1. The van der Waals surface area contributed by atoms with Gasteiger partial charge in [-0.05, 0) is 40.5 Å². The van der Waals surface area contributed by atoms with Gasteiger partial charge in [-0.3, -0.25) is 0 Å². The Balaban J connectivity index is 1.64. The molecule has 1 aromatic heterocycles. The first-order chi connectivity index (χ1) is 10.8. The Labute approximate surface area is 137 Å². The lowest BCUT2D eigenvalue weighted by Crippen LogP contribution is -2.54. The van der Waals surface area contributed by atoms with Crippen LogP contribution in [0.1, 0.15) is 52.1 Å². The average molecular weight is 318 g/mol. The minimum atomic E-state index is -0.455. The molecule has 126 valence electrons. The van der Waals surface area contributed by atoms with E-state index in [1.807, 2.05) is 20.8 Å². The SMILES string of the molecule is C[C@@H]1CN(C(=O)OC(C)(C)C)CCN1c1cc(C2CC2)ncn1. The van der Waals surface area contributed by atoms with Crippen LogP contribution in [0.2, 0.25) is 0 Å².